The number of aromatic nitrogens is 3. The smallest absolute Gasteiger partial charge is 0.141 e. The molecule has 0 bridgehead atoms. The van der Waals surface area contributed by atoms with Crippen molar-refractivity contribution in [1.82, 2.24) is 20.3 Å². The summed E-state index contributed by atoms with van der Waals surface area (Å²) in [7, 11) is 0. The SMILES string of the molecule is c1cc(Nc2ccc(CNC3CCCCC3)cn2)nc(-c2nccs2)c1. The van der Waals surface area contributed by atoms with Gasteiger partial charge < -0.3 is 10.6 Å². The molecule has 0 unspecified atom stereocenters. The van der Waals surface area contributed by atoms with Crippen LogP contribution in [-0.4, -0.2) is 21.0 Å². The highest BCUT2D eigenvalue weighted by Crippen LogP contribution is 2.22. The van der Waals surface area contributed by atoms with Crippen LogP contribution >= 0.6 is 11.3 Å². The quantitative estimate of drug-likeness (QED) is 0.659. The number of rotatable bonds is 6. The van der Waals surface area contributed by atoms with Crippen LogP contribution in [0.4, 0.5) is 11.6 Å². The zero-order chi connectivity index (χ0) is 17.6. The molecule has 0 saturated heterocycles. The maximum atomic E-state index is 4.61. The third-order valence-corrected chi connectivity index (χ3v) is 5.48. The maximum absolute atomic E-state index is 4.61. The third-order valence-electron chi connectivity index (χ3n) is 4.68. The average Bonchev–Trinajstić information content (AvgIpc) is 3.23. The lowest BCUT2D eigenvalue weighted by Crippen LogP contribution is -2.30. The van der Waals surface area contributed by atoms with E-state index in [1.807, 2.05) is 35.8 Å². The Morgan fingerprint density at radius 2 is 1.92 bits per heavy atom. The highest BCUT2D eigenvalue weighted by Gasteiger charge is 2.12. The molecule has 0 atom stereocenters. The monoisotopic (exact) mass is 365 g/mol. The number of hydrogen-bond acceptors (Lipinski definition) is 6. The number of anilines is 2. The van der Waals surface area contributed by atoms with E-state index >= 15 is 0 Å². The minimum atomic E-state index is 0.666. The second-order valence-corrected chi connectivity index (χ2v) is 7.53. The van der Waals surface area contributed by atoms with Crippen molar-refractivity contribution in [2.24, 2.45) is 0 Å². The predicted molar refractivity (Wildman–Crippen MR) is 107 cm³/mol. The van der Waals surface area contributed by atoms with Crippen LogP contribution in [0.5, 0.6) is 0 Å². The third kappa shape index (κ3) is 4.45. The summed E-state index contributed by atoms with van der Waals surface area (Å²) in [4.78, 5) is 13.5. The number of hydrogen-bond donors (Lipinski definition) is 2. The van der Waals surface area contributed by atoms with Gasteiger partial charge in [0, 0.05) is 30.4 Å². The number of pyridine rings is 2. The zero-order valence-electron chi connectivity index (χ0n) is 14.7. The molecule has 1 saturated carbocycles. The summed E-state index contributed by atoms with van der Waals surface area (Å²) in [5.74, 6) is 1.58. The molecule has 2 N–H and O–H groups in total. The molecule has 3 heterocycles. The molecule has 6 heteroatoms. The second kappa shape index (κ2) is 8.38. The van der Waals surface area contributed by atoms with Gasteiger partial charge in [-0.2, -0.15) is 0 Å². The van der Waals surface area contributed by atoms with E-state index in [1.54, 1.807) is 17.5 Å². The highest BCUT2D eigenvalue weighted by atomic mass is 32.1. The van der Waals surface area contributed by atoms with E-state index < -0.39 is 0 Å². The molecular formula is C20H23N5S. The van der Waals surface area contributed by atoms with Crippen LogP contribution in [0.3, 0.4) is 0 Å². The van der Waals surface area contributed by atoms with Crippen molar-refractivity contribution in [3.05, 3.63) is 53.7 Å². The molecule has 1 aliphatic rings. The molecule has 5 nitrogen and oxygen atoms in total. The molecule has 1 aliphatic carbocycles. The Morgan fingerprint density at radius 3 is 2.69 bits per heavy atom. The van der Waals surface area contributed by atoms with Crippen LogP contribution in [0, 0.1) is 0 Å². The van der Waals surface area contributed by atoms with Crippen molar-refractivity contribution in [2.45, 2.75) is 44.7 Å². The largest absolute Gasteiger partial charge is 0.325 e. The van der Waals surface area contributed by atoms with Crippen LogP contribution in [0.15, 0.2) is 48.1 Å². The van der Waals surface area contributed by atoms with Crippen LogP contribution in [0.2, 0.25) is 0 Å². The van der Waals surface area contributed by atoms with Gasteiger partial charge in [0.15, 0.2) is 0 Å². The van der Waals surface area contributed by atoms with E-state index in [1.165, 1.54) is 37.7 Å². The fourth-order valence-corrected chi connectivity index (χ4v) is 3.88. The minimum absolute atomic E-state index is 0.666. The van der Waals surface area contributed by atoms with E-state index in [9.17, 15) is 0 Å². The van der Waals surface area contributed by atoms with Crippen molar-refractivity contribution < 1.29 is 0 Å². The lowest BCUT2D eigenvalue weighted by Gasteiger charge is -2.22. The van der Waals surface area contributed by atoms with Crippen LogP contribution < -0.4 is 10.6 Å². The molecule has 0 radical (unpaired) electrons. The molecule has 3 aromatic rings. The fraction of sp³-hybridized carbons (Fsp3) is 0.350. The van der Waals surface area contributed by atoms with Gasteiger partial charge in [0.2, 0.25) is 0 Å². The first kappa shape index (κ1) is 17.1. The Morgan fingerprint density at radius 1 is 1.00 bits per heavy atom. The summed E-state index contributed by atoms with van der Waals surface area (Å²) in [6.07, 6.45) is 10.4. The Hall–Kier alpha value is -2.31. The van der Waals surface area contributed by atoms with Gasteiger partial charge in [-0.25, -0.2) is 15.0 Å². The topological polar surface area (TPSA) is 62.7 Å². The molecule has 134 valence electrons. The molecule has 1 fully saturated rings. The molecular weight excluding hydrogens is 342 g/mol. The van der Waals surface area contributed by atoms with Crippen molar-refractivity contribution >= 4 is 23.0 Å². The Balaban J connectivity index is 1.36. The summed E-state index contributed by atoms with van der Waals surface area (Å²) in [6, 6.07) is 10.7. The summed E-state index contributed by atoms with van der Waals surface area (Å²) >= 11 is 1.59. The molecule has 26 heavy (non-hydrogen) atoms. The summed E-state index contributed by atoms with van der Waals surface area (Å²) < 4.78 is 0. The predicted octanol–water partition coefficient (Wildman–Crippen LogP) is 4.77. The lowest BCUT2D eigenvalue weighted by molar-refractivity contribution is 0.372. The molecule has 0 spiro atoms. The van der Waals surface area contributed by atoms with Crippen LogP contribution in [0.1, 0.15) is 37.7 Å². The minimum Gasteiger partial charge on any atom is -0.325 e. The molecule has 0 aromatic carbocycles. The Bertz CT molecular complexity index is 810. The van der Waals surface area contributed by atoms with Gasteiger partial charge in [-0.05, 0) is 36.6 Å². The molecule has 0 amide bonds. The highest BCUT2D eigenvalue weighted by molar-refractivity contribution is 7.13. The average molecular weight is 366 g/mol. The van der Waals surface area contributed by atoms with Gasteiger partial charge in [0.05, 0.1) is 0 Å². The van der Waals surface area contributed by atoms with Gasteiger partial charge in [0.1, 0.15) is 22.3 Å². The van der Waals surface area contributed by atoms with Crippen molar-refractivity contribution in [1.29, 1.82) is 0 Å². The summed E-state index contributed by atoms with van der Waals surface area (Å²) in [5.41, 5.74) is 2.09. The summed E-state index contributed by atoms with van der Waals surface area (Å²) in [6.45, 7) is 0.885. The van der Waals surface area contributed by atoms with E-state index in [4.69, 9.17) is 0 Å². The second-order valence-electron chi connectivity index (χ2n) is 6.64. The lowest BCUT2D eigenvalue weighted by atomic mass is 9.95. The Labute approximate surface area is 157 Å². The van der Waals surface area contributed by atoms with E-state index in [0.29, 0.717) is 6.04 Å². The van der Waals surface area contributed by atoms with E-state index in [-0.39, 0.29) is 0 Å². The zero-order valence-corrected chi connectivity index (χ0v) is 15.5. The van der Waals surface area contributed by atoms with Crippen LogP contribution in [0.25, 0.3) is 10.7 Å². The van der Waals surface area contributed by atoms with Gasteiger partial charge in [-0.15, -0.1) is 11.3 Å². The number of nitrogens with one attached hydrogen (secondary N) is 2. The van der Waals surface area contributed by atoms with E-state index in [2.05, 4.69) is 31.7 Å². The molecule has 3 aromatic heterocycles. The van der Waals surface area contributed by atoms with Crippen molar-refractivity contribution in [3.63, 3.8) is 0 Å². The standard InChI is InChI=1S/C20H23N5S/c1-2-5-16(6-3-1)22-13-15-9-10-18(23-14-15)25-19-8-4-7-17(24-19)20-21-11-12-26-20/h4,7-12,14,16,22H,1-3,5-6,13H2,(H,23,24,25). The first-order valence-electron chi connectivity index (χ1n) is 9.19. The number of nitrogens with zero attached hydrogens (tertiary/aromatic N) is 3. The summed E-state index contributed by atoms with van der Waals surface area (Å²) in [5, 5.41) is 9.80. The van der Waals surface area contributed by atoms with Gasteiger partial charge in [0.25, 0.3) is 0 Å². The van der Waals surface area contributed by atoms with E-state index in [0.717, 1.165) is 28.9 Å². The Kier molecular flexibility index (Phi) is 5.52. The fourth-order valence-electron chi connectivity index (χ4n) is 3.28. The molecule has 4 rings (SSSR count). The van der Waals surface area contributed by atoms with Gasteiger partial charge >= 0.3 is 0 Å². The van der Waals surface area contributed by atoms with Gasteiger partial charge in [-0.1, -0.05) is 31.4 Å². The first-order chi connectivity index (χ1) is 12.9. The van der Waals surface area contributed by atoms with Crippen molar-refractivity contribution in [2.75, 3.05) is 5.32 Å². The van der Waals surface area contributed by atoms with Crippen molar-refractivity contribution in [3.8, 4) is 10.7 Å². The van der Waals surface area contributed by atoms with Gasteiger partial charge in [-0.3, -0.25) is 0 Å². The van der Waals surface area contributed by atoms with Crippen LogP contribution in [-0.2, 0) is 6.54 Å². The first-order valence-corrected chi connectivity index (χ1v) is 10.1. The number of thiazole rings is 1. The maximum Gasteiger partial charge on any atom is 0.141 e. The molecule has 0 aliphatic heterocycles. The normalized spacial score (nSPS) is 15.1.